The molecule has 1 amide bonds. The number of hydrogen-bond donors (Lipinski definition) is 2. The fourth-order valence-electron chi connectivity index (χ4n) is 0.784. The normalized spacial score (nSPS) is 19.0. The van der Waals surface area contributed by atoms with Gasteiger partial charge in [-0.3, -0.25) is 9.59 Å². The Kier molecular flexibility index (Phi) is 1.85. The van der Waals surface area contributed by atoms with E-state index in [2.05, 4.69) is 5.32 Å². The van der Waals surface area contributed by atoms with E-state index in [1.807, 2.05) is 6.92 Å². The second kappa shape index (κ2) is 2.53. The molecule has 0 bridgehead atoms. The highest BCUT2D eigenvalue weighted by Gasteiger charge is 2.44. The number of rotatable bonds is 3. The molecule has 1 fully saturated rings. The zero-order valence-corrected chi connectivity index (χ0v) is 6.39. The molecule has 0 atom stereocenters. The van der Waals surface area contributed by atoms with E-state index >= 15 is 0 Å². The average molecular weight is 157 g/mol. The van der Waals surface area contributed by atoms with E-state index in [1.54, 1.807) is 0 Å². The molecule has 1 aliphatic rings. The molecule has 11 heavy (non-hydrogen) atoms. The van der Waals surface area contributed by atoms with Gasteiger partial charge in [-0.25, -0.2) is 0 Å². The molecule has 2 N–H and O–H groups in total. The van der Waals surface area contributed by atoms with Crippen molar-refractivity contribution in [1.29, 1.82) is 0 Å². The van der Waals surface area contributed by atoms with Crippen molar-refractivity contribution in [3.8, 4) is 0 Å². The Balaban J connectivity index is 2.27. The van der Waals surface area contributed by atoms with Crippen LogP contribution in [0.25, 0.3) is 0 Å². The van der Waals surface area contributed by atoms with Crippen LogP contribution >= 0.6 is 0 Å². The van der Waals surface area contributed by atoms with Crippen molar-refractivity contribution in [3.63, 3.8) is 0 Å². The summed E-state index contributed by atoms with van der Waals surface area (Å²) in [7, 11) is 0. The maximum absolute atomic E-state index is 11.1. The van der Waals surface area contributed by atoms with Gasteiger partial charge in [0.2, 0.25) is 5.91 Å². The molecule has 0 radical (unpaired) electrons. The van der Waals surface area contributed by atoms with Gasteiger partial charge in [0.1, 0.15) is 6.54 Å². The number of nitrogens with one attached hydrogen (secondary N) is 1. The van der Waals surface area contributed by atoms with Gasteiger partial charge in [0.05, 0.1) is 0 Å². The number of hydrogen-bond acceptors (Lipinski definition) is 2. The summed E-state index contributed by atoms with van der Waals surface area (Å²) in [4.78, 5) is 21.1. The molecule has 0 heterocycles. The lowest BCUT2D eigenvalue weighted by molar-refractivity contribution is -0.138. The van der Waals surface area contributed by atoms with Gasteiger partial charge in [0, 0.05) is 5.41 Å². The predicted octanol–water partition coefficient (Wildman–Crippen LogP) is -0.0127. The van der Waals surface area contributed by atoms with Crippen molar-refractivity contribution in [1.82, 2.24) is 5.32 Å². The molecule has 1 rings (SSSR count). The van der Waals surface area contributed by atoms with Crippen molar-refractivity contribution in [2.75, 3.05) is 6.54 Å². The van der Waals surface area contributed by atoms with Gasteiger partial charge in [-0.2, -0.15) is 0 Å². The molecule has 0 unspecified atom stereocenters. The van der Waals surface area contributed by atoms with Crippen molar-refractivity contribution in [2.24, 2.45) is 5.41 Å². The first kappa shape index (κ1) is 8.04. The van der Waals surface area contributed by atoms with Gasteiger partial charge in [0.25, 0.3) is 0 Å². The number of carboxylic acid groups (broad SMARTS) is 1. The van der Waals surface area contributed by atoms with Crippen molar-refractivity contribution in [3.05, 3.63) is 0 Å². The highest BCUT2D eigenvalue weighted by atomic mass is 16.4. The van der Waals surface area contributed by atoms with Gasteiger partial charge in [-0.1, -0.05) is 6.92 Å². The quantitative estimate of drug-likeness (QED) is 0.605. The van der Waals surface area contributed by atoms with E-state index in [4.69, 9.17) is 5.11 Å². The summed E-state index contributed by atoms with van der Waals surface area (Å²) in [6.07, 6.45) is 1.75. The molecular formula is C7H11NO3. The van der Waals surface area contributed by atoms with Crippen LogP contribution in [-0.4, -0.2) is 23.5 Å². The second-order valence-corrected chi connectivity index (χ2v) is 3.14. The van der Waals surface area contributed by atoms with Crippen LogP contribution < -0.4 is 5.32 Å². The lowest BCUT2D eigenvalue weighted by atomic mass is 10.1. The number of aliphatic carboxylic acids is 1. The van der Waals surface area contributed by atoms with Gasteiger partial charge in [-0.15, -0.1) is 0 Å². The largest absolute Gasteiger partial charge is 0.480 e. The maximum atomic E-state index is 11.1. The summed E-state index contributed by atoms with van der Waals surface area (Å²) < 4.78 is 0. The summed E-state index contributed by atoms with van der Waals surface area (Å²) in [5.74, 6) is -1.14. The average Bonchev–Trinajstić information content (AvgIpc) is 2.64. The minimum absolute atomic E-state index is 0.139. The highest BCUT2D eigenvalue weighted by Crippen LogP contribution is 2.44. The fourth-order valence-corrected chi connectivity index (χ4v) is 0.784. The smallest absolute Gasteiger partial charge is 0.322 e. The molecule has 4 nitrogen and oxygen atoms in total. The summed E-state index contributed by atoms with van der Waals surface area (Å²) in [5, 5.41) is 10.6. The molecule has 0 saturated heterocycles. The third-order valence-electron chi connectivity index (χ3n) is 1.95. The van der Waals surface area contributed by atoms with Gasteiger partial charge < -0.3 is 10.4 Å². The van der Waals surface area contributed by atoms with Crippen LogP contribution in [0.2, 0.25) is 0 Å². The van der Waals surface area contributed by atoms with Crippen LogP contribution in [0.15, 0.2) is 0 Å². The van der Waals surface area contributed by atoms with E-state index in [9.17, 15) is 9.59 Å². The van der Waals surface area contributed by atoms with Crippen LogP contribution in [0, 0.1) is 5.41 Å². The Labute approximate surface area is 64.6 Å². The van der Waals surface area contributed by atoms with E-state index < -0.39 is 5.97 Å². The zero-order chi connectivity index (χ0) is 8.48. The van der Waals surface area contributed by atoms with Crippen molar-refractivity contribution < 1.29 is 14.7 Å². The van der Waals surface area contributed by atoms with E-state index in [1.165, 1.54) is 0 Å². The Hall–Kier alpha value is -1.06. The monoisotopic (exact) mass is 157 g/mol. The molecule has 0 aromatic carbocycles. The molecular weight excluding hydrogens is 146 g/mol. The van der Waals surface area contributed by atoms with Crippen LogP contribution in [0.4, 0.5) is 0 Å². The summed E-state index contributed by atoms with van der Waals surface area (Å²) in [5.41, 5.74) is -0.268. The van der Waals surface area contributed by atoms with E-state index in [0.717, 1.165) is 12.8 Å². The maximum Gasteiger partial charge on any atom is 0.322 e. The SMILES string of the molecule is CC1(C(=O)NCC(=O)O)CC1. The third kappa shape index (κ3) is 1.93. The minimum atomic E-state index is -0.998. The lowest BCUT2D eigenvalue weighted by Crippen LogP contribution is -2.34. The topological polar surface area (TPSA) is 66.4 Å². The molecule has 0 aromatic rings. The van der Waals surface area contributed by atoms with Crippen LogP contribution in [0.5, 0.6) is 0 Å². The number of amides is 1. The van der Waals surface area contributed by atoms with Gasteiger partial charge in [-0.05, 0) is 12.8 Å². The Bertz CT molecular complexity index is 196. The Morgan fingerprint density at radius 3 is 2.45 bits per heavy atom. The van der Waals surface area contributed by atoms with E-state index in [-0.39, 0.29) is 17.9 Å². The van der Waals surface area contributed by atoms with Gasteiger partial charge in [0.15, 0.2) is 0 Å². The zero-order valence-electron chi connectivity index (χ0n) is 6.39. The van der Waals surface area contributed by atoms with Crippen molar-refractivity contribution >= 4 is 11.9 Å². The Morgan fingerprint density at radius 2 is 2.09 bits per heavy atom. The summed E-state index contributed by atoms with van der Waals surface area (Å²) in [6.45, 7) is 1.57. The first-order chi connectivity index (χ1) is 5.04. The summed E-state index contributed by atoms with van der Waals surface area (Å²) >= 11 is 0. The standard InChI is InChI=1S/C7H11NO3/c1-7(2-3-7)6(11)8-4-5(9)10/h2-4H2,1H3,(H,8,11)(H,9,10). The predicted molar refractivity (Wildman–Crippen MR) is 38.0 cm³/mol. The Morgan fingerprint density at radius 1 is 1.55 bits per heavy atom. The van der Waals surface area contributed by atoms with Crippen LogP contribution in [0.1, 0.15) is 19.8 Å². The van der Waals surface area contributed by atoms with Crippen LogP contribution in [0.3, 0.4) is 0 Å². The number of carbonyl (C=O) groups is 2. The van der Waals surface area contributed by atoms with Crippen molar-refractivity contribution in [2.45, 2.75) is 19.8 Å². The first-order valence-electron chi connectivity index (χ1n) is 3.55. The van der Waals surface area contributed by atoms with Gasteiger partial charge >= 0.3 is 5.97 Å². The van der Waals surface area contributed by atoms with E-state index in [0.29, 0.717) is 0 Å². The number of carbonyl (C=O) groups excluding carboxylic acids is 1. The molecule has 62 valence electrons. The fraction of sp³-hybridized carbons (Fsp3) is 0.714. The molecule has 4 heteroatoms. The van der Waals surface area contributed by atoms with Crippen LogP contribution in [-0.2, 0) is 9.59 Å². The third-order valence-corrected chi connectivity index (χ3v) is 1.95. The molecule has 1 saturated carbocycles. The molecule has 0 aliphatic heterocycles. The molecule has 1 aliphatic carbocycles. The minimum Gasteiger partial charge on any atom is -0.480 e. The number of carboxylic acids is 1. The summed E-state index contributed by atoms with van der Waals surface area (Å²) in [6, 6.07) is 0. The highest BCUT2D eigenvalue weighted by molar-refractivity contribution is 5.87. The molecule has 0 aromatic heterocycles. The first-order valence-corrected chi connectivity index (χ1v) is 3.55. The second-order valence-electron chi connectivity index (χ2n) is 3.14. The lowest BCUT2D eigenvalue weighted by Gasteiger charge is -2.06. The molecule has 0 spiro atoms.